The molecule has 2 rings (SSSR count). The van der Waals surface area contributed by atoms with Crippen LogP contribution < -0.4 is 10.6 Å². The number of rotatable bonds is 8. The molecule has 25 heavy (non-hydrogen) atoms. The highest BCUT2D eigenvalue weighted by molar-refractivity contribution is 7.91. The largest absolute Gasteiger partial charge is 0.357 e. The van der Waals surface area contributed by atoms with Crippen molar-refractivity contribution in [1.29, 1.82) is 0 Å². The van der Waals surface area contributed by atoms with E-state index in [0.717, 1.165) is 12.6 Å². The highest BCUT2D eigenvalue weighted by atomic mass is 32.2. The van der Waals surface area contributed by atoms with Gasteiger partial charge in [0.05, 0.1) is 12.3 Å². The van der Waals surface area contributed by atoms with Gasteiger partial charge in [0.1, 0.15) is 10.7 Å². The molecule has 0 aliphatic heterocycles. The summed E-state index contributed by atoms with van der Waals surface area (Å²) >= 11 is 0. The number of hydrogen-bond donors (Lipinski definition) is 2. The summed E-state index contributed by atoms with van der Waals surface area (Å²) in [6.07, 6.45) is 3.93. The molecule has 0 radical (unpaired) electrons. The van der Waals surface area contributed by atoms with E-state index in [-0.39, 0.29) is 17.2 Å². The molecule has 0 fully saturated rings. The lowest BCUT2D eigenvalue weighted by Crippen LogP contribution is -2.39. The standard InChI is InChI=1S/C17H23FN4O2S/c1-2-19-17(20-9-13-22-11-5-6-12-22)21-10-14-25(23,24)16-8-4-3-7-15(16)18/h3-8,11-12H,2,9-10,13-14H2,1H3,(H2,19,20,21). The van der Waals surface area contributed by atoms with Crippen molar-refractivity contribution in [1.82, 2.24) is 15.2 Å². The minimum Gasteiger partial charge on any atom is -0.357 e. The molecule has 0 amide bonds. The van der Waals surface area contributed by atoms with Crippen molar-refractivity contribution in [3.63, 3.8) is 0 Å². The van der Waals surface area contributed by atoms with Crippen LogP contribution in [-0.4, -0.2) is 44.3 Å². The fourth-order valence-corrected chi connectivity index (χ4v) is 3.45. The Bertz CT molecular complexity index is 789. The second-order valence-electron chi connectivity index (χ2n) is 5.36. The normalized spacial score (nSPS) is 12.2. The van der Waals surface area contributed by atoms with Crippen LogP contribution in [0.2, 0.25) is 0 Å². The summed E-state index contributed by atoms with van der Waals surface area (Å²) in [5, 5.41) is 6.21. The molecular formula is C17H23FN4O2S. The van der Waals surface area contributed by atoms with Crippen LogP contribution in [0.1, 0.15) is 6.92 Å². The molecule has 0 saturated heterocycles. The van der Waals surface area contributed by atoms with Gasteiger partial charge < -0.3 is 15.2 Å². The zero-order valence-corrected chi connectivity index (χ0v) is 15.0. The van der Waals surface area contributed by atoms with E-state index in [1.165, 1.54) is 18.2 Å². The Labute approximate surface area is 147 Å². The maximum absolute atomic E-state index is 13.7. The van der Waals surface area contributed by atoms with E-state index < -0.39 is 15.7 Å². The number of halogens is 1. The second-order valence-corrected chi connectivity index (χ2v) is 7.44. The van der Waals surface area contributed by atoms with E-state index in [9.17, 15) is 12.8 Å². The van der Waals surface area contributed by atoms with Crippen LogP contribution >= 0.6 is 0 Å². The van der Waals surface area contributed by atoms with E-state index in [4.69, 9.17) is 0 Å². The van der Waals surface area contributed by atoms with Crippen LogP contribution in [0, 0.1) is 5.82 Å². The molecule has 0 bridgehead atoms. The molecule has 6 nitrogen and oxygen atoms in total. The van der Waals surface area contributed by atoms with Gasteiger partial charge >= 0.3 is 0 Å². The Morgan fingerprint density at radius 3 is 2.56 bits per heavy atom. The second kappa shape index (κ2) is 9.22. The summed E-state index contributed by atoms with van der Waals surface area (Å²) < 4.78 is 40.1. The maximum atomic E-state index is 13.7. The van der Waals surface area contributed by atoms with Crippen molar-refractivity contribution in [2.45, 2.75) is 18.4 Å². The first-order valence-electron chi connectivity index (χ1n) is 8.13. The summed E-state index contributed by atoms with van der Waals surface area (Å²) in [6.45, 7) is 4.07. The lowest BCUT2D eigenvalue weighted by molar-refractivity contribution is 0.567. The minimum absolute atomic E-state index is 0.0511. The number of hydrogen-bond acceptors (Lipinski definition) is 3. The topological polar surface area (TPSA) is 75.5 Å². The summed E-state index contributed by atoms with van der Waals surface area (Å²) in [5.41, 5.74) is 0. The van der Waals surface area contributed by atoms with Crippen LogP contribution in [0.25, 0.3) is 0 Å². The van der Waals surface area contributed by atoms with Crippen LogP contribution in [0.3, 0.4) is 0 Å². The third-order valence-electron chi connectivity index (χ3n) is 3.47. The van der Waals surface area contributed by atoms with Crippen molar-refractivity contribution < 1.29 is 12.8 Å². The van der Waals surface area contributed by atoms with Gasteiger partial charge in [0, 0.05) is 32.0 Å². The molecule has 1 aromatic heterocycles. The summed E-state index contributed by atoms with van der Waals surface area (Å²) in [6, 6.07) is 9.29. The molecule has 0 saturated carbocycles. The maximum Gasteiger partial charge on any atom is 0.191 e. The molecular weight excluding hydrogens is 343 g/mol. The van der Waals surface area contributed by atoms with Gasteiger partial charge in [0.15, 0.2) is 15.8 Å². The third-order valence-corrected chi connectivity index (χ3v) is 5.20. The monoisotopic (exact) mass is 366 g/mol. The number of aliphatic imine (C=N–C) groups is 1. The highest BCUT2D eigenvalue weighted by Crippen LogP contribution is 2.14. The van der Waals surface area contributed by atoms with Crippen molar-refractivity contribution in [2.75, 3.05) is 25.4 Å². The lowest BCUT2D eigenvalue weighted by atomic mass is 10.3. The highest BCUT2D eigenvalue weighted by Gasteiger charge is 2.18. The molecule has 0 atom stereocenters. The van der Waals surface area contributed by atoms with Crippen molar-refractivity contribution >= 4 is 15.8 Å². The van der Waals surface area contributed by atoms with Crippen LogP contribution in [0.5, 0.6) is 0 Å². The average Bonchev–Trinajstić information content (AvgIpc) is 3.08. The first-order valence-corrected chi connectivity index (χ1v) is 9.78. The Balaban J connectivity index is 1.90. The molecule has 2 aromatic rings. The van der Waals surface area contributed by atoms with Crippen LogP contribution in [0.4, 0.5) is 4.39 Å². The fourth-order valence-electron chi connectivity index (χ4n) is 2.25. The Morgan fingerprint density at radius 1 is 1.16 bits per heavy atom. The van der Waals surface area contributed by atoms with Crippen LogP contribution in [0.15, 0.2) is 58.7 Å². The third kappa shape index (κ3) is 5.90. The Morgan fingerprint density at radius 2 is 1.88 bits per heavy atom. The van der Waals surface area contributed by atoms with Crippen molar-refractivity contribution in [3.05, 3.63) is 54.6 Å². The average molecular weight is 366 g/mol. The number of guanidine groups is 1. The molecule has 136 valence electrons. The first kappa shape index (κ1) is 19.0. The smallest absolute Gasteiger partial charge is 0.191 e. The van der Waals surface area contributed by atoms with Crippen LogP contribution in [-0.2, 0) is 16.4 Å². The quantitative estimate of drug-likeness (QED) is 0.550. The number of nitrogens with zero attached hydrogens (tertiary/aromatic N) is 2. The van der Waals surface area contributed by atoms with E-state index in [1.54, 1.807) is 0 Å². The van der Waals surface area contributed by atoms with Crippen molar-refractivity contribution in [3.8, 4) is 0 Å². The van der Waals surface area contributed by atoms with Gasteiger partial charge in [0.2, 0.25) is 0 Å². The van der Waals surface area contributed by atoms with Gasteiger partial charge in [-0.2, -0.15) is 0 Å². The summed E-state index contributed by atoms with van der Waals surface area (Å²) in [7, 11) is -3.70. The minimum atomic E-state index is -3.70. The lowest BCUT2D eigenvalue weighted by Gasteiger charge is -2.12. The number of sulfone groups is 1. The fraction of sp³-hybridized carbons (Fsp3) is 0.353. The van der Waals surface area contributed by atoms with Crippen molar-refractivity contribution in [2.24, 2.45) is 4.99 Å². The Hall–Kier alpha value is -2.35. The van der Waals surface area contributed by atoms with E-state index >= 15 is 0 Å². The molecule has 0 spiro atoms. The zero-order chi connectivity index (χ0) is 18.1. The molecule has 1 aromatic carbocycles. The van der Waals surface area contributed by atoms with E-state index in [1.807, 2.05) is 36.0 Å². The predicted molar refractivity (Wildman–Crippen MR) is 96.9 cm³/mol. The molecule has 1 heterocycles. The number of aromatic nitrogens is 1. The van der Waals surface area contributed by atoms with E-state index in [0.29, 0.717) is 19.0 Å². The molecule has 8 heteroatoms. The van der Waals surface area contributed by atoms with Gasteiger partial charge in [-0.1, -0.05) is 12.1 Å². The Kier molecular flexibility index (Phi) is 7.00. The summed E-state index contributed by atoms with van der Waals surface area (Å²) in [4.78, 5) is 3.97. The van der Waals surface area contributed by atoms with Gasteiger partial charge in [-0.15, -0.1) is 0 Å². The van der Waals surface area contributed by atoms with Gasteiger partial charge in [0.25, 0.3) is 0 Å². The zero-order valence-electron chi connectivity index (χ0n) is 14.2. The van der Waals surface area contributed by atoms with Gasteiger partial charge in [-0.3, -0.25) is 4.99 Å². The van der Waals surface area contributed by atoms with E-state index in [2.05, 4.69) is 15.6 Å². The van der Waals surface area contributed by atoms with Gasteiger partial charge in [-0.25, -0.2) is 12.8 Å². The predicted octanol–water partition coefficient (Wildman–Crippen LogP) is 1.66. The summed E-state index contributed by atoms with van der Waals surface area (Å²) in [5.74, 6) is -0.441. The number of nitrogens with one attached hydrogen (secondary N) is 2. The first-order chi connectivity index (χ1) is 12.0. The number of benzene rings is 1. The molecule has 0 unspecified atom stereocenters. The molecule has 2 N–H and O–H groups in total. The molecule has 0 aliphatic rings. The SMILES string of the molecule is CCNC(=NCCS(=O)(=O)c1ccccc1F)NCCn1cccc1. The molecule has 0 aliphatic carbocycles. The van der Waals surface area contributed by atoms with Gasteiger partial charge in [-0.05, 0) is 31.2 Å².